The van der Waals surface area contributed by atoms with E-state index in [4.69, 9.17) is 4.74 Å². The van der Waals surface area contributed by atoms with E-state index >= 15 is 0 Å². The first-order valence-electron chi connectivity index (χ1n) is 7.53. The molecule has 0 unspecified atom stereocenters. The Morgan fingerprint density at radius 3 is 2.62 bits per heavy atom. The van der Waals surface area contributed by atoms with Crippen LogP contribution in [0.2, 0.25) is 0 Å². The van der Waals surface area contributed by atoms with Gasteiger partial charge in [-0.05, 0) is 27.2 Å². The van der Waals surface area contributed by atoms with Crippen molar-refractivity contribution < 1.29 is 14.3 Å². The third kappa shape index (κ3) is 6.14. The summed E-state index contributed by atoms with van der Waals surface area (Å²) in [7, 11) is 1.65. The van der Waals surface area contributed by atoms with Crippen molar-refractivity contribution in [3.8, 4) is 0 Å². The minimum Gasteiger partial charge on any atom is -0.444 e. The second kappa shape index (κ2) is 7.43. The molecule has 6 heteroatoms. The normalized spacial score (nSPS) is 15.2. The van der Waals surface area contributed by atoms with Gasteiger partial charge in [0, 0.05) is 13.6 Å². The summed E-state index contributed by atoms with van der Waals surface area (Å²) >= 11 is 0. The van der Waals surface area contributed by atoms with Crippen molar-refractivity contribution >= 4 is 17.7 Å². The molecule has 1 heterocycles. The molecule has 0 fully saturated rings. The fourth-order valence-electron chi connectivity index (χ4n) is 1.98. The fraction of sp³-hybridized carbons (Fsp3) is 0.800. The summed E-state index contributed by atoms with van der Waals surface area (Å²) in [6, 6.07) is 0. The molecule has 1 aliphatic rings. The van der Waals surface area contributed by atoms with Crippen LogP contribution in [-0.4, -0.2) is 53.4 Å². The highest BCUT2D eigenvalue weighted by Crippen LogP contribution is 2.13. The maximum atomic E-state index is 11.9. The van der Waals surface area contributed by atoms with Crippen molar-refractivity contribution in [3.63, 3.8) is 0 Å². The highest BCUT2D eigenvalue weighted by Gasteiger charge is 2.26. The smallest absolute Gasteiger partial charge is 0.410 e. The lowest BCUT2D eigenvalue weighted by Gasteiger charge is -2.24. The summed E-state index contributed by atoms with van der Waals surface area (Å²) in [4.78, 5) is 25.2. The van der Waals surface area contributed by atoms with Crippen molar-refractivity contribution in [3.05, 3.63) is 0 Å². The zero-order valence-corrected chi connectivity index (χ0v) is 13.8. The van der Waals surface area contributed by atoms with Crippen LogP contribution >= 0.6 is 0 Å². The Kier molecular flexibility index (Phi) is 6.18. The molecule has 0 aromatic carbocycles. The van der Waals surface area contributed by atoms with E-state index in [0.717, 1.165) is 19.3 Å². The van der Waals surface area contributed by atoms with Gasteiger partial charge in [-0.25, -0.2) is 9.80 Å². The van der Waals surface area contributed by atoms with Gasteiger partial charge in [0.2, 0.25) is 5.91 Å². The number of ether oxygens (including phenoxy) is 1. The highest BCUT2D eigenvalue weighted by atomic mass is 16.6. The van der Waals surface area contributed by atoms with E-state index in [2.05, 4.69) is 12.0 Å². The van der Waals surface area contributed by atoms with Gasteiger partial charge in [-0.15, -0.1) is 0 Å². The van der Waals surface area contributed by atoms with Crippen molar-refractivity contribution in [2.45, 2.75) is 59.0 Å². The molecule has 1 rings (SSSR count). The minimum atomic E-state index is -0.523. The average molecular weight is 297 g/mol. The van der Waals surface area contributed by atoms with Crippen LogP contribution in [0.25, 0.3) is 0 Å². The number of amides is 2. The standard InChI is InChI=1S/C15H27N3O3/c1-6-7-8-9-18-13(19)10-12(16-18)11-17(5)14(20)21-15(2,3)4/h6-11H2,1-5H3. The molecule has 2 amide bonds. The van der Waals surface area contributed by atoms with E-state index in [1.54, 1.807) is 7.05 Å². The molecular formula is C15H27N3O3. The van der Waals surface area contributed by atoms with Gasteiger partial charge < -0.3 is 9.64 Å². The first kappa shape index (κ1) is 17.5. The van der Waals surface area contributed by atoms with Gasteiger partial charge in [-0.2, -0.15) is 5.10 Å². The molecule has 120 valence electrons. The van der Waals surface area contributed by atoms with Crippen LogP contribution in [0.3, 0.4) is 0 Å². The SMILES string of the molecule is CCCCCN1N=C(CN(C)C(=O)OC(C)(C)C)CC1=O. The largest absolute Gasteiger partial charge is 0.444 e. The molecule has 0 spiro atoms. The molecule has 0 radical (unpaired) electrons. The lowest BCUT2D eigenvalue weighted by Crippen LogP contribution is -2.37. The first-order chi connectivity index (χ1) is 9.73. The number of hydrogen-bond donors (Lipinski definition) is 0. The summed E-state index contributed by atoms with van der Waals surface area (Å²) in [5.41, 5.74) is 0.190. The summed E-state index contributed by atoms with van der Waals surface area (Å²) in [5, 5.41) is 5.83. The Morgan fingerprint density at radius 1 is 1.38 bits per heavy atom. The number of unbranched alkanes of at least 4 members (excludes halogenated alkanes) is 2. The lowest BCUT2D eigenvalue weighted by molar-refractivity contribution is -0.128. The molecule has 0 aliphatic carbocycles. The number of carbonyl (C=O) groups is 2. The molecule has 0 saturated heterocycles. The predicted octanol–water partition coefficient (Wildman–Crippen LogP) is 2.63. The molecule has 0 saturated carbocycles. The zero-order chi connectivity index (χ0) is 16.0. The summed E-state index contributed by atoms with van der Waals surface area (Å²) in [6.07, 6.45) is 3.05. The average Bonchev–Trinajstić information content (AvgIpc) is 2.68. The Balaban J connectivity index is 2.49. The number of nitrogens with zero attached hydrogens (tertiary/aromatic N) is 3. The van der Waals surface area contributed by atoms with Gasteiger partial charge in [0.1, 0.15) is 5.60 Å². The molecule has 21 heavy (non-hydrogen) atoms. The maximum absolute atomic E-state index is 11.9. The monoisotopic (exact) mass is 297 g/mol. The van der Waals surface area contributed by atoms with Crippen LogP contribution in [0.15, 0.2) is 5.10 Å². The minimum absolute atomic E-state index is 0.0127. The van der Waals surface area contributed by atoms with Crippen LogP contribution < -0.4 is 0 Å². The molecule has 0 N–H and O–H groups in total. The van der Waals surface area contributed by atoms with E-state index in [-0.39, 0.29) is 5.91 Å². The third-order valence-electron chi connectivity index (χ3n) is 3.00. The number of rotatable bonds is 6. The first-order valence-corrected chi connectivity index (χ1v) is 7.53. The number of carbonyl (C=O) groups excluding carboxylic acids is 2. The van der Waals surface area contributed by atoms with Gasteiger partial charge in [0.25, 0.3) is 0 Å². The second-order valence-electron chi connectivity index (χ2n) is 6.40. The molecule has 0 aromatic rings. The van der Waals surface area contributed by atoms with Crippen molar-refractivity contribution in [1.29, 1.82) is 0 Å². The summed E-state index contributed by atoms with van der Waals surface area (Å²) in [5.74, 6) is 0.0127. The Morgan fingerprint density at radius 2 is 2.05 bits per heavy atom. The van der Waals surface area contributed by atoms with E-state index < -0.39 is 11.7 Å². The second-order valence-corrected chi connectivity index (χ2v) is 6.40. The van der Waals surface area contributed by atoms with Crippen LogP contribution in [0.5, 0.6) is 0 Å². The third-order valence-corrected chi connectivity index (χ3v) is 3.00. The van der Waals surface area contributed by atoms with Gasteiger partial charge in [0.15, 0.2) is 0 Å². The lowest BCUT2D eigenvalue weighted by atomic mass is 10.2. The van der Waals surface area contributed by atoms with Crippen LogP contribution in [0, 0.1) is 0 Å². The predicted molar refractivity (Wildman–Crippen MR) is 82.2 cm³/mol. The number of hydrazone groups is 1. The quantitative estimate of drug-likeness (QED) is 0.708. The van der Waals surface area contributed by atoms with E-state index in [1.807, 2.05) is 20.8 Å². The summed E-state index contributed by atoms with van der Waals surface area (Å²) < 4.78 is 5.28. The Labute approximate surface area is 127 Å². The Bertz CT molecular complexity index is 413. The van der Waals surface area contributed by atoms with Crippen LogP contribution in [0.4, 0.5) is 4.79 Å². The number of hydrogen-bond acceptors (Lipinski definition) is 4. The topological polar surface area (TPSA) is 62.2 Å². The van der Waals surface area contributed by atoms with Crippen LogP contribution in [0.1, 0.15) is 53.4 Å². The van der Waals surface area contributed by atoms with E-state index in [9.17, 15) is 9.59 Å². The van der Waals surface area contributed by atoms with Gasteiger partial charge in [-0.3, -0.25) is 4.79 Å². The molecule has 0 aromatic heterocycles. The highest BCUT2D eigenvalue weighted by molar-refractivity contribution is 6.06. The maximum Gasteiger partial charge on any atom is 0.410 e. The zero-order valence-electron chi connectivity index (χ0n) is 13.8. The van der Waals surface area contributed by atoms with Crippen molar-refractivity contribution in [2.24, 2.45) is 5.10 Å². The van der Waals surface area contributed by atoms with Crippen LogP contribution in [-0.2, 0) is 9.53 Å². The van der Waals surface area contributed by atoms with Crippen molar-refractivity contribution in [2.75, 3.05) is 20.1 Å². The van der Waals surface area contributed by atoms with Crippen molar-refractivity contribution in [1.82, 2.24) is 9.91 Å². The molecule has 6 nitrogen and oxygen atoms in total. The van der Waals surface area contributed by atoms with E-state index in [1.165, 1.54) is 9.91 Å². The Hall–Kier alpha value is -1.59. The van der Waals surface area contributed by atoms with E-state index in [0.29, 0.717) is 25.2 Å². The van der Waals surface area contributed by atoms with Gasteiger partial charge in [-0.1, -0.05) is 19.8 Å². The summed E-state index contributed by atoms with van der Waals surface area (Å²) in [6.45, 7) is 8.58. The molecule has 1 aliphatic heterocycles. The molecular weight excluding hydrogens is 270 g/mol. The molecule has 0 bridgehead atoms. The van der Waals surface area contributed by atoms with Gasteiger partial charge >= 0.3 is 6.09 Å². The molecule has 0 atom stereocenters. The fourth-order valence-corrected chi connectivity index (χ4v) is 1.98. The van der Waals surface area contributed by atoms with Gasteiger partial charge in [0.05, 0.1) is 18.7 Å².